The molecular formula is C25H22ClFN4O4. The lowest BCUT2D eigenvalue weighted by molar-refractivity contribution is 0.0704. The van der Waals surface area contributed by atoms with Gasteiger partial charge in [0.2, 0.25) is 5.95 Å². The third-order valence-corrected chi connectivity index (χ3v) is 6.02. The highest BCUT2D eigenvalue weighted by atomic mass is 35.5. The van der Waals surface area contributed by atoms with Crippen LogP contribution < -0.4 is 10.2 Å². The quantitative estimate of drug-likeness (QED) is 0.379. The van der Waals surface area contributed by atoms with Gasteiger partial charge in [-0.25, -0.2) is 14.2 Å². The number of benzene rings is 3. The zero-order valence-electron chi connectivity index (χ0n) is 18.8. The average Bonchev–Trinajstić information content (AvgIpc) is 3.35. The number of anilines is 2. The molecular weight excluding hydrogens is 475 g/mol. The molecule has 1 aromatic heterocycles. The Morgan fingerprint density at radius 3 is 2.71 bits per heavy atom. The highest BCUT2D eigenvalue weighted by Crippen LogP contribution is 2.45. The smallest absolute Gasteiger partial charge is 0.413 e. The summed E-state index contributed by atoms with van der Waals surface area (Å²) in [6.07, 6.45) is -0.245. The standard InChI is InChI=1S/C25H21FN4O4.ClH/c1-3-14-12-16(9-10-19(14)26)30-22(31)17-6-4-5-7-18(17)25(30,33)15-8-11-20-21(13-15)28-23(27-20)29-24(32)34-2;/h4-13,33H,3H2,1-2H3,(H2,27,28,29,32);1H. The lowest BCUT2D eigenvalue weighted by atomic mass is 9.93. The fourth-order valence-corrected chi connectivity index (χ4v) is 4.35. The second-order valence-electron chi connectivity index (χ2n) is 7.92. The van der Waals surface area contributed by atoms with Crippen molar-refractivity contribution < 1.29 is 23.8 Å². The van der Waals surface area contributed by atoms with Crippen LogP contribution in [0.2, 0.25) is 0 Å². The minimum absolute atomic E-state index is 0. The van der Waals surface area contributed by atoms with Crippen molar-refractivity contribution in [1.29, 1.82) is 0 Å². The zero-order valence-corrected chi connectivity index (χ0v) is 19.6. The maximum Gasteiger partial charge on any atom is 0.413 e. The number of rotatable bonds is 4. The molecule has 1 aliphatic heterocycles. The highest BCUT2D eigenvalue weighted by Gasteiger charge is 2.50. The van der Waals surface area contributed by atoms with E-state index in [-0.39, 0.29) is 24.2 Å². The molecule has 1 unspecified atom stereocenters. The van der Waals surface area contributed by atoms with Crippen molar-refractivity contribution in [3.63, 3.8) is 0 Å². The van der Waals surface area contributed by atoms with Crippen LogP contribution in [0.5, 0.6) is 0 Å². The van der Waals surface area contributed by atoms with Gasteiger partial charge in [-0.15, -0.1) is 12.4 Å². The molecule has 0 fully saturated rings. The van der Waals surface area contributed by atoms with Crippen LogP contribution in [0.25, 0.3) is 11.0 Å². The van der Waals surface area contributed by atoms with Gasteiger partial charge in [0.05, 0.1) is 18.1 Å². The van der Waals surface area contributed by atoms with Crippen molar-refractivity contribution in [2.75, 3.05) is 17.3 Å². The molecule has 0 bridgehead atoms. The highest BCUT2D eigenvalue weighted by molar-refractivity contribution is 6.12. The minimum atomic E-state index is -1.86. The number of aliphatic hydroxyl groups is 1. The van der Waals surface area contributed by atoms with Gasteiger partial charge in [0.25, 0.3) is 5.91 Å². The van der Waals surface area contributed by atoms with Crippen LogP contribution in [0, 0.1) is 5.82 Å². The summed E-state index contributed by atoms with van der Waals surface area (Å²) in [5.41, 5.74) is 1.19. The maximum atomic E-state index is 14.2. The van der Waals surface area contributed by atoms with E-state index in [0.29, 0.717) is 45.4 Å². The van der Waals surface area contributed by atoms with Gasteiger partial charge in [-0.05, 0) is 48.4 Å². The molecule has 2 amide bonds. The summed E-state index contributed by atoms with van der Waals surface area (Å²) < 4.78 is 18.8. The molecule has 2 heterocycles. The van der Waals surface area contributed by atoms with Gasteiger partial charge in [0, 0.05) is 22.4 Å². The van der Waals surface area contributed by atoms with Crippen LogP contribution in [0.4, 0.5) is 20.8 Å². The monoisotopic (exact) mass is 496 g/mol. The number of carbonyl (C=O) groups is 2. The number of H-pyrrole nitrogens is 1. The SMILES string of the molecule is CCc1cc(N2C(=O)c3ccccc3C2(O)c2ccc3nc(NC(=O)OC)[nH]c3c2)ccc1F.Cl. The molecule has 4 aromatic rings. The minimum Gasteiger partial charge on any atom is -0.453 e. The lowest BCUT2D eigenvalue weighted by Crippen LogP contribution is -2.45. The molecule has 3 aromatic carbocycles. The van der Waals surface area contributed by atoms with Crippen LogP contribution in [0.15, 0.2) is 60.7 Å². The second-order valence-corrected chi connectivity index (χ2v) is 7.92. The van der Waals surface area contributed by atoms with Crippen molar-refractivity contribution >= 4 is 47.1 Å². The van der Waals surface area contributed by atoms with Crippen LogP contribution in [0.1, 0.15) is 34.0 Å². The Balaban J connectivity index is 0.00000289. The van der Waals surface area contributed by atoms with Crippen LogP contribution in [0.3, 0.4) is 0 Å². The van der Waals surface area contributed by atoms with Gasteiger partial charge in [0.1, 0.15) is 5.82 Å². The molecule has 0 saturated heterocycles. The second kappa shape index (κ2) is 9.01. The molecule has 1 aliphatic rings. The number of aromatic amines is 1. The number of ether oxygens (including phenoxy) is 1. The molecule has 0 aliphatic carbocycles. The summed E-state index contributed by atoms with van der Waals surface area (Å²) in [5, 5.41) is 14.6. The summed E-state index contributed by atoms with van der Waals surface area (Å²) >= 11 is 0. The first-order chi connectivity index (χ1) is 16.4. The van der Waals surface area contributed by atoms with Gasteiger partial charge >= 0.3 is 6.09 Å². The van der Waals surface area contributed by atoms with E-state index in [9.17, 15) is 19.1 Å². The van der Waals surface area contributed by atoms with Gasteiger partial charge in [-0.3, -0.25) is 15.0 Å². The van der Waals surface area contributed by atoms with Gasteiger partial charge in [-0.2, -0.15) is 0 Å². The molecule has 180 valence electrons. The first-order valence-electron chi connectivity index (χ1n) is 10.7. The maximum absolute atomic E-state index is 14.2. The van der Waals surface area contributed by atoms with E-state index in [1.807, 2.05) is 6.92 Å². The fourth-order valence-electron chi connectivity index (χ4n) is 4.35. The Morgan fingerprint density at radius 1 is 1.20 bits per heavy atom. The van der Waals surface area contributed by atoms with Gasteiger partial charge < -0.3 is 14.8 Å². The number of methoxy groups -OCH3 is 1. The van der Waals surface area contributed by atoms with E-state index in [1.54, 1.807) is 48.5 Å². The van der Waals surface area contributed by atoms with Crippen molar-refractivity contribution in [2.45, 2.75) is 19.1 Å². The van der Waals surface area contributed by atoms with Crippen molar-refractivity contribution in [2.24, 2.45) is 0 Å². The number of aryl methyl sites for hydroxylation is 1. The third kappa shape index (κ3) is 3.78. The number of nitrogens with one attached hydrogen (secondary N) is 2. The number of fused-ring (bicyclic) bond motifs is 2. The zero-order chi connectivity index (χ0) is 24.0. The molecule has 5 rings (SSSR count). The van der Waals surface area contributed by atoms with Gasteiger partial charge in [0.15, 0.2) is 5.72 Å². The number of nitrogens with zero attached hydrogens (tertiary/aromatic N) is 2. The number of halogens is 2. The van der Waals surface area contributed by atoms with Crippen LogP contribution >= 0.6 is 12.4 Å². The van der Waals surface area contributed by atoms with Gasteiger partial charge in [-0.1, -0.05) is 31.2 Å². The third-order valence-electron chi connectivity index (χ3n) is 6.02. The van der Waals surface area contributed by atoms with Crippen molar-refractivity contribution in [1.82, 2.24) is 9.97 Å². The number of hydrogen-bond acceptors (Lipinski definition) is 5. The van der Waals surface area contributed by atoms with E-state index < -0.39 is 17.7 Å². The van der Waals surface area contributed by atoms with E-state index in [2.05, 4.69) is 20.0 Å². The molecule has 0 radical (unpaired) electrons. The predicted molar refractivity (Wildman–Crippen MR) is 131 cm³/mol. The summed E-state index contributed by atoms with van der Waals surface area (Å²) in [4.78, 5) is 33.6. The van der Waals surface area contributed by atoms with E-state index in [0.717, 1.165) is 0 Å². The lowest BCUT2D eigenvalue weighted by Gasteiger charge is -2.35. The number of carbonyl (C=O) groups excluding carboxylic acids is 2. The Morgan fingerprint density at radius 2 is 1.97 bits per heavy atom. The van der Waals surface area contributed by atoms with Crippen LogP contribution in [-0.2, 0) is 16.9 Å². The molecule has 8 nitrogen and oxygen atoms in total. The Bertz CT molecular complexity index is 1460. The normalized spacial score (nSPS) is 16.7. The van der Waals surface area contributed by atoms with Crippen LogP contribution in [-0.4, -0.2) is 34.2 Å². The summed E-state index contributed by atoms with van der Waals surface area (Å²) in [6.45, 7) is 1.82. The number of aromatic nitrogens is 2. The van der Waals surface area contributed by atoms with Crippen molar-refractivity contribution in [3.8, 4) is 0 Å². The van der Waals surface area contributed by atoms with E-state index in [1.165, 1.54) is 24.1 Å². The van der Waals surface area contributed by atoms with E-state index in [4.69, 9.17) is 0 Å². The van der Waals surface area contributed by atoms with Crippen molar-refractivity contribution in [3.05, 3.63) is 88.7 Å². The Labute approximate surface area is 206 Å². The molecule has 3 N–H and O–H groups in total. The number of amides is 2. The molecule has 0 saturated carbocycles. The topological polar surface area (TPSA) is 108 Å². The first kappa shape index (κ1) is 24.2. The largest absolute Gasteiger partial charge is 0.453 e. The molecule has 1 atom stereocenters. The summed E-state index contributed by atoms with van der Waals surface area (Å²) in [6, 6.07) is 16.2. The summed E-state index contributed by atoms with van der Waals surface area (Å²) in [7, 11) is 1.24. The number of imidazole rings is 1. The average molecular weight is 497 g/mol. The molecule has 0 spiro atoms. The Kier molecular flexibility index (Phi) is 6.23. The number of hydrogen-bond donors (Lipinski definition) is 3. The molecule has 10 heteroatoms. The fraction of sp³-hybridized carbons (Fsp3) is 0.160. The van der Waals surface area contributed by atoms with E-state index >= 15 is 0 Å². The summed E-state index contributed by atoms with van der Waals surface area (Å²) in [5.74, 6) is -0.593. The first-order valence-corrected chi connectivity index (χ1v) is 10.7. The molecule has 35 heavy (non-hydrogen) atoms. The predicted octanol–water partition coefficient (Wildman–Crippen LogP) is 4.72. The Hall–Kier alpha value is -3.95.